The molecule has 0 rings (SSSR count). The molecule has 0 aromatic rings. The minimum atomic E-state index is -5.65. The Kier molecular flexibility index (Phi) is 12.0. The Morgan fingerprint density at radius 3 is 0.960 bits per heavy atom. The lowest BCUT2D eigenvalue weighted by Crippen LogP contribution is -2.31. The van der Waals surface area contributed by atoms with Crippen molar-refractivity contribution < 1.29 is 71.3 Å². The van der Waals surface area contributed by atoms with Gasteiger partial charge < -0.3 is 10.2 Å². The Bertz CT molecular complexity index is 518. The maximum absolute atomic E-state index is 11.5. The number of aliphatic hydroxyl groups excluding tert-OH is 2. The summed E-state index contributed by atoms with van der Waals surface area (Å²) in [4.78, 5) is 0. The van der Waals surface area contributed by atoms with Crippen LogP contribution in [0, 0.1) is 0 Å². The van der Waals surface area contributed by atoms with Gasteiger partial charge in [-0.25, -0.2) is 8.78 Å². The fraction of sp³-hybridized carbons (Fsp3) is 1.00. The minimum absolute atomic E-state index is 0.139. The summed E-state index contributed by atoms with van der Waals surface area (Å²) in [5.41, 5.74) is -8.42. The van der Waals surface area contributed by atoms with Crippen LogP contribution < -0.4 is 0 Å². The van der Waals surface area contributed by atoms with Crippen LogP contribution in [0.15, 0.2) is 0 Å². The zero-order chi connectivity index (χ0) is 21.4. The van der Waals surface area contributed by atoms with Crippen LogP contribution in [0.1, 0.15) is 6.92 Å². The van der Waals surface area contributed by atoms with Crippen LogP contribution in [0.2, 0.25) is 0 Å². The maximum atomic E-state index is 11.5. The van der Waals surface area contributed by atoms with Gasteiger partial charge in [-0.05, 0) is 6.92 Å². The number of halogens is 8. The van der Waals surface area contributed by atoms with Gasteiger partial charge in [-0.1, -0.05) is 0 Å². The molecule has 156 valence electrons. The Morgan fingerprint density at radius 1 is 0.800 bits per heavy atom. The number of alkyl halides is 8. The Labute approximate surface area is 135 Å². The molecule has 25 heavy (non-hydrogen) atoms. The molecular weight excluding hydrogens is 428 g/mol. The molecule has 0 radical (unpaired) electrons. The first-order valence-electron chi connectivity index (χ1n) is 5.21. The average molecular weight is 440 g/mol. The van der Waals surface area contributed by atoms with Gasteiger partial charge in [-0.2, -0.15) is 43.2 Å². The summed E-state index contributed by atoms with van der Waals surface area (Å²) in [7, 11) is -11.3. The second kappa shape index (κ2) is 10.4. The van der Waals surface area contributed by atoms with Gasteiger partial charge in [0.25, 0.3) is 0 Å². The third kappa shape index (κ3) is 16.4. The van der Waals surface area contributed by atoms with Gasteiger partial charge in [0.2, 0.25) is 0 Å². The number of rotatable bonds is 3. The van der Waals surface area contributed by atoms with Crippen molar-refractivity contribution >= 4 is 20.2 Å². The zero-order valence-electron chi connectivity index (χ0n) is 11.7. The van der Waals surface area contributed by atoms with E-state index >= 15 is 0 Å². The fourth-order valence-corrected chi connectivity index (χ4v) is 1.01. The van der Waals surface area contributed by atoms with E-state index in [4.69, 9.17) is 19.3 Å². The fourth-order valence-electron chi connectivity index (χ4n) is 0.338. The first-order valence-corrected chi connectivity index (χ1v) is 8.22. The van der Waals surface area contributed by atoms with E-state index < -0.39 is 49.7 Å². The molecule has 8 nitrogen and oxygen atoms in total. The van der Waals surface area contributed by atoms with Crippen LogP contribution in [-0.2, 0) is 20.2 Å². The molecule has 0 heterocycles. The lowest BCUT2D eigenvalue weighted by molar-refractivity contribution is -0.158. The highest BCUT2D eigenvalue weighted by atomic mass is 32.2. The number of hydrogen-bond donors (Lipinski definition) is 4. The molecule has 0 fully saturated rings. The molecule has 0 aromatic carbocycles. The van der Waals surface area contributed by atoms with Gasteiger partial charge in [-0.3, -0.25) is 9.11 Å². The maximum Gasteiger partial charge on any atom is 0.436 e. The first kappa shape index (κ1) is 29.0. The Balaban J connectivity index is -0.000000308. The van der Waals surface area contributed by atoms with Crippen molar-refractivity contribution in [3.05, 3.63) is 0 Å². The standard InChI is InChI=1S/C3H8O2.2C2H2F4O3S/c1-3(5)2-4;2*3-1(2(4,5)6)10(7,8)9/h3-5H,2H2,1H3;2*1H,(H,7,8,9). The second-order valence-electron chi connectivity index (χ2n) is 3.78. The molecule has 0 saturated heterocycles. The number of hydrogen-bond acceptors (Lipinski definition) is 6. The summed E-state index contributed by atoms with van der Waals surface area (Å²) < 4.78 is 142. The summed E-state index contributed by atoms with van der Waals surface area (Å²) >= 11 is 0. The quantitative estimate of drug-likeness (QED) is 0.372. The van der Waals surface area contributed by atoms with E-state index in [1.807, 2.05) is 0 Å². The van der Waals surface area contributed by atoms with E-state index in [9.17, 15) is 52.0 Å². The highest BCUT2D eigenvalue weighted by Crippen LogP contribution is 2.26. The first-order chi connectivity index (χ1) is 10.6. The van der Waals surface area contributed by atoms with E-state index in [0.29, 0.717) is 0 Å². The smallest absolute Gasteiger partial charge is 0.394 e. The summed E-state index contributed by atoms with van der Waals surface area (Å²) in [5, 5.41) is 16.0. The van der Waals surface area contributed by atoms with Gasteiger partial charge in [0.1, 0.15) is 0 Å². The predicted octanol–water partition coefficient (Wildman–Crippen LogP) is 0.824. The summed E-state index contributed by atoms with van der Waals surface area (Å²) in [6.45, 7) is 1.39. The van der Waals surface area contributed by atoms with Crippen molar-refractivity contribution in [2.24, 2.45) is 0 Å². The lowest BCUT2D eigenvalue weighted by atomic mass is 10.5. The van der Waals surface area contributed by atoms with Gasteiger partial charge in [0.05, 0.1) is 12.7 Å². The monoisotopic (exact) mass is 440 g/mol. The highest BCUT2D eigenvalue weighted by molar-refractivity contribution is 7.86. The molecule has 0 aliphatic heterocycles. The van der Waals surface area contributed by atoms with Crippen LogP contribution in [0.4, 0.5) is 35.1 Å². The van der Waals surface area contributed by atoms with Crippen molar-refractivity contribution in [3.8, 4) is 0 Å². The third-order valence-corrected chi connectivity index (χ3v) is 2.88. The van der Waals surface area contributed by atoms with Crippen molar-refractivity contribution in [1.29, 1.82) is 0 Å². The van der Waals surface area contributed by atoms with E-state index in [1.54, 1.807) is 0 Å². The summed E-state index contributed by atoms with van der Waals surface area (Å²) in [5.74, 6) is 0. The normalized spacial score (nSPS) is 16.5. The molecule has 0 saturated carbocycles. The molecule has 18 heteroatoms. The highest BCUT2D eigenvalue weighted by Gasteiger charge is 2.49. The van der Waals surface area contributed by atoms with Crippen molar-refractivity contribution in [2.45, 2.75) is 36.4 Å². The number of aliphatic hydroxyl groups is 2. The van der Waals surface area contributed by atoms with Crippen molar-refractivity contribution in [2.75, 3.05) is 6.61 Å². The Hall–Kier alpha value is -0.820. The van der Waals surface area contributed by atoms with Crippen LogP contribution >= 0.6 is 0 Å². The van der Waals surface area contributed by atoms with E-state index in [2.05, 4.69) is 0 Å². The minimum Gasteiger partial charge on any atom is -0.394 e. The van der Waals surface area contributed by atoms with Gasteiger partial charge >= 0.3 is 43.6 Å². The molecular formula is C7H12F8O8S2. The molecule has 0 bridgehead atoms. The summed E-state index contributed by atoms with van der Waals surface area (Å²) in [6, 6.07) is 0. The van der Waals surface area contributed by atoms with E-state index in [0.717, 1.165) is 0 Å². The van der Waals surface area contributed by atoms with Gasteiger partial charge in [0.15, 0.2) is 0 Å². The molecule has 0 spiro atoms. The van der Waals surface area contributed by atoms with Crippen LogP contribution in [0.5, 0.6) is 0 Å². The largest absolute Gasteiger partial charge is 0.436 e. The second-order valence-corrected chi connectivity index (χ2v) is 6.66. The van der Waals surface area contributed by atoms with Gasteiger partial charge in [0, 0.05) is 0 Å². The molecule has 0 aliphatic rings. The lowest BCUT2D eigenvalue weighted by Gasteiger charge is -2.07. The zero-order valence-corrected chi connectivity index (χ0v) is 13.3. The molecule has 0 amide bonds. The van der Waals surface area contributed by atoms with Gasteiger partial charge in [-0.15, -0.1) is 0 Å². The topological polar surface area (TPSA) is 149 Å². The Morgan fingerprint density at radius 2 is 0.960 bits per heavy atom. The molecule has 3 atom stereocenters. The van der Waals surface area contributed by atoms with Crippen LogP contribution in [0.25, 0.3) is 0 Å². The summed E-state index contributed by atoms with van der Waals surface area (Å²) in [6.07, 6.45) is -11.7. The predicted molar refractivity (Wildman–Crippen MR) is 63.8 cm³/mol. The molecule has 3 unspecified atom stereocenters. The molecule has 0 aromatic heterocycles. The van der Waals surface area contributed by atoms with E-state index in [-0.39, 0.29) is 6.61 Å². The van der Waals surface area contributed by atoms with Crippen LogP contribution in [-0.4, -0.2) is 72.2 Å². The average Bonchev–Trinajstić information content (AvgIpc) is 2.34. The van der Waals surface area contributed by atoms with E-state index in [1.165, 1.54) is 6.92 Å². The van der Waals surface area contributed by atoms with Crippen molar-refractivity contribution in [1.82, 2.24) is 0 Å². The van der Waals surface area contributed by atoms with Crippen LogP contribution in [0.3, 0.4) is 0 Å². The molecule has 0 aliphatic carbocycles. The van der Waals surface area contributed by atoms with Crippen molar-refractivity contribution in [3.63, 3.8) is 0 Å². The molecule has 4 N–H and O–H groups in total. The third-order valence-electron chi connectivity index (χ3n) is 1.30. The SMILES string of the molecule is CC(O)CO.O=S(=O)(O)C(F)C(F)(F)F.O=S(=O)(O)C(F)C(F)(F)F.